The molecule has 0 unspecified atom stereocenters. The van der Waals surface area contributed by atoms with E-state index in [1.165, 1.54) is 0 Å². The van der Waals surface area contributed by atoms with Crippen LogP contribution in [0.25, 0.3) is 0 Å². The van der Waals surface area contributed by atoms with Crippen LogP contribution in [-0.2, 0) is 14.3 Å². The van der Waals surface area contributed by atoms with Gasteiger partial charge in [-0.05, 0) is 42.8 Å². The summed E-state index contributed by atoms with van der Waals surface area (Å²) in [6.45, 7) is 12.3. The fourth-order valence-electron chi connectivity index (χ4n) is 1.32. The Morgan fingerprint density at radius 1 is 1.21 bits per heavy atom. The summed E-state index contributed by atoms with van der Waals surface area (Å²) in [7, 11) is -5.40. The van der Waals surface area contributed by atoms with Crippen molar-refractivity contribution in [1.82, 2.24) is 0 Å². The highest BCUT2D eigenvalue weighted by Crippen LogP contribution is 2.36. The van der Waals surface area contributed by atoms with Crippen molar-refractivity contribution in [3.05, 3.63) is 29.8 Å². The Hall–Kier alpha value is -0.653. The van der Waals surface area contributed by atoms with E-state index in [0.717, 1.165) is 5.56 Å². The number of benzene rings is 1. The summed E-state index contributed by atoms with van der Waals surface area (Å²) in [5.41, 5.74) is 0.938. The molecule has 1 aromatic rings. The highest BCUT2D eigenvalue weighted by Gasteiger charge is 2.38. The van der Waals surface area contributed by atoms with E-state index in [4.69, 9.17) is 4.43 Å². The topological polar surface area (TPSA) is 43.4 Å². The van der Waals surface area contributed by atoms with E-state index < -0.39 is 18.2 Å². The quantitative estimate of drug-likeness (QED) is 0.795. The molecule has 3 nitrogen and oxygen atoms in total. The Balaban J connectivity index is 2.88. The molecular formula is C14H24O3SSi. The van der Waals surface area contributed by atoms with Gasteiger partial charge in [0, 0.05) is 0 Å². The van der Waals surface area contributed by atoms with Crippen LogP contribution in [0.5, 0.6) is 0 Å². The Bertz CT molecular complexity index is 542. The fourth-order valence-corrected chi connectivity index (χ4v) is 4.34. The zero-order chi connectivity index (χ0) is 14.9. The standard InChI is InChI=1S/C14H24O3SSi/c1-12-8-7-9-13(10-12)18(15,16)11-17-19(5,6)14(2,3)4/h7-10H,11H2,1-6H3. The van der Waals surface area contributed by atoms with Crippen LogP contribution in [0.2, 0.25) is 18.1 Å². The van der Waals surface area contributed by atoms with Gasteiger partial charge in [-0.2, -0.15) is 0 Å². The minimum absolute atomic E-state index is 0.00905. The Kier molecular flexibility index (Phi) is 4.65. The first-order chi connectivity index (χ1) is 8.46. The molecule has 0 N–H and O–H groups in total. The van der Waals surface area contributed by atoms with Crippen LogP contribution >= 0.6 is 0 Å². The van der Waals surface area contributed by atoms with Crippen molar-refractivity contribution in [2.45, 2.75) is 50.7 Å². The Labute approximate surface area is 118 Å². The molecule has 0 radical (unpaired) electrons. The van der Waals surface area contributed by atoms with Crippen LogP contribution in [-0.4, -0.2) is 22.7 Å². The third kappa shape index (κ3) is 4.16. The van der Waals surface area contributed by atoms with Crippen LogP contribution in [0.15, 0.2) is 29.2 Å². The first-order valence-corrected chi connectivity index (χ1v) is 11.0. The molecule has 0 saturated carbocycles. The molecule has 19 heavy (non-hydrogen) atoms. The SMILES string of the molecule is Cc1cccc(S(=O)(=O)CO[Si](C)(C)C(C)(C)C)c1. The van der Waals surface area contributed by atoms with Crippen molar-refractivity contribution in [1.29, 1.82) is 0 Å². The first kappa shape index (κ1) is 16.4. The van der Waals surface area contributed by atoms with Crippen molar-refractivity contribution < 1.29 is 12.8 Å². The van der Waals surface area contributed by atoms with Crippen LogP contribution in [0.4, 0.5) is 0 Å². The number of hydrogen-bond acceptors (Lipinski definition) is 3. The lowest BCUT2D eigenvalue weighted by Gasteiger charge is -2.35. The number of sulfone groups is 1. The van der Waals surface area contributed by atoms with Gasteiger partial charge in [-0.3, -0.25) is 0 Å². The van der Waals surface area contributed by atoms with Crippen molar-refractivity contribution in [2.24, 2.45) is 0 Å². The molecule has 0 aliphatic carbocycles. The third-order valence-corrected chi connectivity index (χ3v) is 9.82. The Morgan fingerprint density at radius 3 is 2.26 bits per heavy atom. The van der Waals surface area contributed by atoms with E-state index in [9.17, 15) is 8.42 Å². The van der Waals surface area contributed by atoms with E-state index in [2.05, 4.69) is 33.9 Å². The number of aryl methyl sites for hydroxylation is 1. The zero-order valence-electron chi connectivity index (χ0n) is 12.6. The molecule has 0 bridgehead atoms. The second-order valence-electron chi connectivity index (χ2n) is 6.45. The van der Waals surface area contributed by atoms with E-state index in [0.29, 0.717) is 4.90 Å². The molecule has 0 aliphatic heterocycles. The summed E-state index contributed by atoms with van der Waals surface area (Å²) in [6, 6.07) is 6.95. The fraction of sp³-hybridized carbons (Fsp3) is 0.571. The predicted molar refractivity (Wildman–Crippen MR) is 81.5 cm³/mol. The van der Waals surface area contributed by atoms with E-state index in [1.54, 1.807) is 18.2 Å². The highest BCUT2D eigenvalue weighted by atomic mass is 32.2. The maximum Gasteiger partial charge on any atom is 0.201 e. The molecule has 1 rings (SSSR count). The normalized spacial score (nSPS) is 13.6. The highest BCUT2D eigenvalue weighted by molar-refractivity contribution is 7.91. The largest absolute Gasteiger partial charge is 0.403 e. The van der Waals surface area contributed by atoms with Gasteiger partial charge < -0.3 is 4.43 Å². The van der Waals surface area contributed by atoms with Gasteiger partial charge >= 0.3 is 0 Å². The van der Waals surface area contributed by atoms with Gasteiger partial charge in [-0.1, -0.05) is 32.9 Å². The lowest BCUT2D eigenvalue weighted by molar-refractivity contribution is 0.342. The van der Waals surface area contributed by atoms with Gasteiger partial charge in [0.1, 0.15) is 5.94 Å². The van der Waals surface area contributed by atoms with E-state index >= 15 is 0 Å². The van der Waals surface area contributed by atoms with Crippen molar-refractivity contribution >= 4 is 18.2 Å². The van der Waals surface area contributed by atoms with Crippen LogP contribution in [0.3, 0.4) is 0 Å². The average molecular weight is 300 g/mol. The molecule has 0 spiro atoms. The minimum Gasteiger partial charge on any atom is -0.403 e. The Morgan fingerprint density at radius 2 is 1.79 bits per heavy atom. The summed E-state index contributed by atoms with van der Waals surface area (Å²) in [5, 5.41) is 0.00905. The predicted octanol–water partition coefficient (Wildman–Crippen LogP) is 3.75. The van der Waals surface area contributed by atoms with Gasteiger partial charge in [0.05, 0.1) is 4.90 Å². The van der Waals surface area contributed by atoms with Crippen molar-refractivity contribution in [3.63, 3.8) is 0 Å². The van der Waals surface area contributed by atoms with Crippen molar-refractivity contribution in [3.8, 4) is 0 Å². The van der Waals surface area contributed by atoms with E-state index in [1.807, 2.05) is 13.0 Å². The molecule has 0 fully saturated rings. The third-order valence-electron chi connectivity index (χ3n) is 3.73. The molecular weight excluding hydrogens is 276 g/mol. The smallest absolute Gasteiger partial charge is 0.201 e. The summed E-state index contributed by atoms with van der Waals surface area (Å²) < 4.78 is 30.3. The van der Waals surface area contributed by atoms with Gasteiger partial charge in [-0.15, -0.1) is 0 Å². The molecule has 108 valence electrons. The number of rotatable bonds is 4. The lowest BCUT2D eigenvalue weighted by atomic mass is 10.2. The monoisotopic (exact) mass is 300 g/mol. The molecule has 0 amide bonds. The summed E-state index contributed by atoms with van der Waals surface area (Å²) in [5.74, 6) is -0.229. The first-order valence-electron chi connectivity index (χ1n) is 6.39. The van der Waals surface area contributed by atoms with Gasteiger partial charge in [0.15, 0.2) is 8.32 Å². The summed E-state index contributed by atoms with van der Waals surface area (Å²) in [6.07, 6.45) is 0. The maximum absolute atomic E-state index is 12.3. The lowest BCUT2D eigenvalue weighted by Crippen LogP contribution is -2.42. The molecule has 0 aliphatic rings. The molecule has 0 aromatic heterocycles. The molecule has 1 aromatic carbocycles. The molecule has 0 heterocycles. The van der Waals surface area contributed by atoms with Gasteiger partial charge in [-0.25, -0.2) is 8.42 Å². The van der Waals surface area contributed by atoms with Crippen molar-refractivity contribution in [2.75, 3.05) is 5.94 Å². The molecule has 0 atom stereocenters. The summed E-state index contributed by atoms with van der Waals surface area (Å²) >= 11 is 0. The minimum atomic E-state index is -3.36. The van der Waals surface area contributed by atoms with Gasteiger partial charge in [0.2, 0.25) is 9.84 Å². The van der Waals surface area contributed by atoms with Gasteiger partial charge in [0.25, 0.3) is 0 Å². The van der Waals surface area contributed by atoms with E-state index in [-0.39, 0.29) is 11.0 Å². The zero-order valence-corrected chi connectivity index (χ0v) is 14.5. The van der Waals surface area contributed by atoms with Crippen LogP contribution < -0.4 is 0 Å². The number of hydrogen-bond donors (Lipinski definition) is 0. The van der Waals surface area contributed by atoms with Crippen LogP contribution in [0.1, 0.15) is 26.3 Å². The second-order valence-corrected chi connectivity index (χ2v) is 13.2. The average Bonchev–Trinajstić information content (AvgIpc) is 2.25. The second kappa shape index (κ2) is 5.38. The molecule has 5 heteroatoms. The maximum atomic E-state index is 12.3. The van der Waals surface area contributed by atoms with Crippen LogP contribution in [0, 0.1) is 6.92 Å². The molecule has 0 saturated heterocycles. The summed E-state index contributed by atoms with van der Waals surface area (Å²) in [4.78, 5) is 0.339.